The SMILES string of the molecule is CCCCCCCCCCCc1cc(C(=O)OCC)n[nH]1. The first-order chi connectivity index (χ1) is 10.3. The number of hydrogen-bond donors (Lipinski definition) is 1. The number of nitrogens with zero attached hydrogens (tertiary/aromatic N) is 1. The molecule has 0 saturated carbocycles. The van der Waals surface area contributed by atoms with E-state index in [1.54, 1.807) is 6.92 Å². The minimum Gasteiger partial charge on any atom is -0.461 e. The van der Waals surface area contributed by atoms with E-state index >= 15 is 0 Å². The second kappa shape index (κ2) is 11.4. The van der Waals surface area contributed by atoms with Gasteiger partial charge in [-0.05, 0) is 25.8 Å². The molecule has 21 heavy (non-hydrogen) atoms. The first kappa shape index (κ1) is 17.7. The van der Waals surface area contributed by atoms with Crippen LogP contribution >= 0.6 is 0 Å². The van der Waals surface area contributed by atoms with Crippen LogP contribution in [0.2, 0.25) is 0 Å². The molecular weight excluding hydrogens is 264 g/mol. The van der Waals surface area contributed by atoms with Crippen molar-refractivity contribution in [3.63, 3.8) is 0 Å². The Morgan fingerprint density at radius 1 is 1.05 bits per heavy atom. The summed E-state index contributed by atoms with van der Waals surface area (Å²) in [4.78, 5) is 11.5. The first-order valence-corrected chi connectivity index (χ1v) is 8.49. The van der Waals surface area contributed by atoms with Crippen LogP contribution in [-0.4, -0.2) is 22.8 Å². The van der Waals surface area contributed by atoms with Gasteiger partial charge in [0.15, 0.2) is 5.69 Å². The molecule has 120 valence electrons. The highest BCUT2D eigenvalue weighted by atomic mass is 16.5. The molecule has 0 amide bonds. The van der Waals surface area contributed by atoms with Crippen LogP contribution < -0.4 is 0 Å². The van der Waals surface area contributed by atoms with Gasteiger partial charge in [-0.3, -0.25) is 5.10 Å². The van der Waals surface area contributed by atoms with Crippen molar-refractivity contribution in [2.45, 2.75) is 78.1 Å². The predicted molar refractivity (Wildman–Crippen MR) is 85.5 cm³/mol. The van der Waals surface area contributed by atoms with Crippen LogP contribution in [0.3, 0.4) is 0 Å². The van der Waals surface area contributed by atoms with Gasteiger partial charge in [0.2, 0.25) is 0 Å². The largest absolute Gasteiger partial charge is 0.461 e. The van der Waals surface area contributed by atoms with E-state index in [1.807, 2.05) is 6.07 Å². The summed E-state index contributed by atoms with van der Waals surface area (Å²) < 4.78 is 4.92. The Hall–Kier alpha value is -1.32. The topological polar surface area (TPSA) is 55.0 Å². The first-order valence-electron chi connectivity index (χ1n) is 8.49. The molecule has 0 saturated heterocycles. The van der Waals surface area contributed by atoms with Crippen molar-refractivity contribution in [3.8, 4) is 0 Å². The van der Waals surface area contributed by atoms with Crippen molar-refractivity contribution in [2.75, 3.05) is 6.61 Å². The van der Waals surface area contributed by atoms with Crippen LogP contribution in [-0.2, 0) is 11.2 Å². The van der Waals surface area contributed by atoms with Gasteiger partial charge in [0.25, 0.3) is 0 Å². The van der Waals surface area contributed by atoms with Crippen molar-refractivity contribution < 1.29 is 9.53 Å². The van der Waals surface area contributed by atoms with E-state index in [-0.39, 0.29) is 5.97 Å². The van der Waals surface area contributed by atoms with Crippen molar-refractivity contribution in [1.82, 2.24) is 10.2 Å². The quantitative estimate of drug-likeness (QED) is 0.450. The smallest absolute Gasteiger partial charge is 0.358 e. The molecule has 0 spiro atoms. The molecule has 0 aliphatic rings. The summed E-state index contributed by atoms with van der Waals surface area (Å²) >= 11 is 0. The van der Waals surface area contributed by atoms with Gasteiger partial charge in [-0.2, -0.15) is 5.10 Å². The lowest BCUT2D eigenvalue weighted by molar-refractivity contribution is 0.0519. The van der Waals surface area contributed by atoms with Gasteiger partial charge in [-0.25, -0.2) is 4.79 Å². The number of aryl methyl sites for hydroxylation is 1. The molecule has 1 aromatic heterocycles. The molecule has 1 aromatic rings. The fraction of sp³-hybridized carbons (Fsp3) is 0.765. The maximum Gasteiger partial charge on any atom is 0.358 e. The van der Waals surface area contributed by atoms with E-state index in [0.29, 0.717) is 12.3 Å². The number of H-pyrrole nitrogens is 1. The number of rotatable bonds is 12. The van der Waals surface area contributed by atoms with Gasteiger partial charge in [-0.15, -0.1) is 0 Å². The minimum absolute atomic E-state index is 0.341. The van der Waals surface area contributed by atoms with Crippen molar-refractivity contribution in [1.29, 1.82) is 0 Å². The van der Waals surface area contributed by atoms with Gasteiger partial charge in [0.05, 0.1) is 6.61 Å². The summed E-state index contributed by atoms with van der Waals surface area (Å²) in [6.07, 6.45) is 12.9. The summed E-state index contributed by atoms with van der Waals surface area (Å²) in [7, 11) is 0. The summed E-state index contributed by atoms with van der Waals surface area (Å²) in [5, 5.41) is 6.91. The molecule has 1 N–H and O–H groups in total. The van der Waals surface area contributed by atoms with Gasteiger partial charge in [0, 0.05) is 5.69 Å². The lowest BCUT2D eigenvalue weighted by Gasteiger charge is -2.01. The number of nitrogens with one attached hydrogen (secondary N) is 1. The lowest BCUT2D eigenvalue weighted by atomic mass is 10.1. The zero-order chi connectivity index (χ0) is 15.3. The third-order valence-electron chi connectivity index (χ3n) is 3.67. The average Bonchev–Trinajstić information content (AvgIpc) is 2.95. The standard InChI is InChI=1S/C17H30N2O2/c1-3-5-6-7-8-9-10-11-12-13-15-14-16(19-18-15)17(20)21-4-2/h14H,3-13H2,1-2H3,(H,18,19). The molecule has 0 aliphatic carbocycles. The molecule has 0 unspecified atom stereocenters. The second-order valence-electron chi connectivity index (χ2n) is 5.58. The van der Waals surface area contributed by atoms with Crippen LogP contribution in [0.25, 0.3) is 0 Å². The van der Waals surface area contributed by atoms with E-state index in [2.05, 4.69) is 17.1 Å². The highest BCUT2D eigenvalue weighted by molar-refractivity contribution is 5.87. The molecule has 0 fully saturated rings. The number of ether oxygens (including phenoxy) is 1. The number of unbranched alkanes of at least 4 members (excludes halogenated alkanes) is 8. The van der Waals surface area contributed by atoms with Crippen LogP contribution in [0.4, 0.5) is 0 Å². The van der Waals surface area contributed by atoms with E-state index in [1.165, 1.54) is 51.4 Å². The molecule has 1 rings (SSSR count). The summed E-state index contributed by atoms with van der Waals surface area (Å²) in [5.41, 5.74) is 1.42. The van der Waals surface area contributed by atoms with Gasteiger partial charge in [-0.1, -0.05) is 58.3 Å². The van der Waals surface area contributed by atoms with Crippen LogP contribution in [0, 0.1) is 0 Å². The highest BCUT2D eigenvalue weighted by Gasteiger charge is 2.10. The average molecular weight is 294 g/mol. The molecule has 0 aromatic carbocycles. The molecular formula is C17H30N2O2. The second-order valence-corrected chi connectivity index (χ2v) is 5.58. The van der Waals surface area contributed by atoms with E-state index in [4.69, 9.17) is 4.74 Å². The Kier molecular flexibility index (Phi) is 9.58. The summed E-state index contributed by atoms with van der Waals surface area (Å²) in [6, 6.07) is 1.81. The normalized spacial score (nSPS) is 10.8. The third-order valence-corrected chi connectivity index (χ3v) is 3.67. The maximum atomic E-state index is 11.5. The predicted octanol–water partition coefficient (Wildman–Crippen LogP) is 4.66. The lowest BCUT2D eigenvalue weighted by Crippen LogP contribution is -2.04. The van der Waals surface area contributed by atoms with Crippen LogP contribution in [0.5, 0.6) is 0 Å². The summed E-state index contributed by atoms with van der Waals surface area (Å²) in [5.74, 6) is -0.341. The molecule has 0 atom stereocenters. The zero-order valence-electron chi connectivity index (χ0n) is 13.6. The Morgan fingerprint density at radius 3 is 2.29 bits per heavy atom. The van der Waals surface area contributed by atoms with Crippen LogP contribution in [0.1, 0.15) is 87.8 Å². The van der Waals surface area contributed by atoms with E-state index in [9.17, 15) is 4.79 Å². The van der Waals surface area contributed by atoms with Crippen molar-refractivity contribution >= 4 is 5.97 Å². The summed E-state index contributed by atoms with van der Waals surface area (Å²) in [6.45, 7) is 4.44. The van der Waals surface area contributed by atoms with E-state index in [0.717, 1.165) is 18.5 Å². The fourth-order valence-corrected chi connectivity index (χ4v) is 2.43. The zero-order valence-corrected chi connectivity index (χ0v) is 13.6. The van der Waals surface area contributed by atoms with Gasteiger partial charge < -0.3 is 4.74 Å². The molecule has 1 heterocycles. The van der Waals surface area contributed by atoms with E-state index < -0.39 is 0 Å². The molecule has 0 aliphatic heterocycles. The van der Waals surface area contributed by atoms with Crippen molar-refractivity contribution in [3.05, 3.63) is 17.5 Å². The Morgan fingerprint density at radius 2 is 1.67 bits per heavy atom. The number of carbonyl (C=O) groups is 1. The number of esters is 1. The monoisotopic (exact) mass is 294 g/mol. The minimum atomic E-state index is -0.341. The molecule has 4 nitrogen and oxygen atoms in total. The maximum absolute atomic E-state index is 11.5. The van der Waals surface area contributed by atoms with Gasteiger partial charge in [0.1, 0.15) is 0 Å². The number of aromatic nitrogens is 2. The number of hydrogen-bond acceptors (Lipinski definition) is 3. The third kappa shape index (κ3) is 7.88. The Labute approximate surface area is 128 Å². The Balaban J connectivity index is 2.04. The van der Waals surface area contributed by atoms with Crippen molar-refractivity contribution in [2.24, 2.45) is 0 Å². The number of carbonyl (C=O) groups excluding carboxylic acids is 1. The molecule has 0 bridgehead atoms. The fourth-order valence-electron chi connectivity index (χ4n) is 2.43. The van der Waals surface area contributed by atoms with Crippen LogP contribution in [0.15, 0.2) is 6.07 Å². The number of aromatic amines is 1. The Bertz CT molecular complexity index is 388. The molecule has 0 radical (unpaired) electrons. The molecule has 4 heteroatoms. The highest BCUT2D eigenvalue weighted by Crippen LogP contribution is 2.11. The van der Waals surface area contributed by atoms with Gasteiger partial charge >= 0.3 is 5.97 Å².